The molecule has 4 aromatic carbocycles. The third kappa shape index (κ3) is 5.21. The molecule has 0 saturated heterocycles. The van der Waals surface area contributed by atoms with E-state index in [-0.39, 0.29) is 11.2 Å². The van der Waals surface area contributed by atoms with Gasteiger partial charge in [-0.3, -0.25) is 0 Å². The molecular weight excluding hydrogens is 667 g/mol. The Morgan fingerprint density at radius 1 is 0.717 bits per heavy atom. The number of aromatic nitrogens is 2. The molecule has 9 rings (SSSR count). The summed E-state index contributed by atoms with van der Waals surface area (Å²) in [4.78, 5) is 0. The minimum atomic E-state index is -0.228. The van der Waals surface area contributed by atoms with Crippen molar-refractivity contribution in [2.24, 2.45) is 5.92 Å². The van der Waals surface area contributed by atoms with Crippen LogP contribution in [0.25, 0.3) is 68.1 Å². The molecule has 0 radical (unpaired) electrons. The molecule has 2 unspecified atom stereocenters. The Morgan fingerprint density at radius 2 is 1.47 bits per heavy atom. The number of fused-ring (bicyclic) bond motifs is 6. The van der Waals surface area contributed by atoms with Crippen LogP contribution in [-0.4, -0.2) is 14.4 Å². The number of nitriles is 3. The molecule has 2 aromatic heterocycles. The van der Waals surface area contributed by atoms with Gasteiger partial charge in [-0.2, -0.15) is 15.8 Å². The number of para-hydroxylation sites is 2. The molecule has 6 aromatic rings. The van der Waals surface area contributed by atoms with Crippen LogP contribution >= 0.6 is 11.8 Å². The zero-order chi connectivity index (χ0) is 36.1. The Morgan fingerprint density at radius 3 is 2.30 bits per heavy atom. The van der Waals surface area contributed by atoms with Crippen molar-refractivity contribution >= 4 is 63.1 Å². The number of thioether (sulfide) groups is 1. The van der Waals surface area contributed by atoms with Crippen molar-refractivity contribution in [3.63, 3.8) is 0 Å². The summed E-state index contributed by atoms with van der Waals surface area (Å²) in [6.45, 7) is 2.22. The summed E-state index contributed by atoms with van der Waals surface area (Å²) < 4.78 is 4.57. The van der Waals surface area contributed by atoms with Gasteiger partial charge in [-0.15, -0.1) is 11.8 Å². The molecule has 0 N–H and O–H groups in total. The van der Waals surface area contributed by atoms with Gasteiger partial charge in [0.2, 0.25) is 0 Å². The Balaban J connectivity index is 1.27. The standard InChI is InChI=1S/C47H33N5S/c1-30-19-22-45(52-43-16-4-2-3-12-36(43)40-29-53-32(27-49)21-24-46(40)52)39(28-50)47(30)37-15-6-5-11-33(37)34-13-7-9-17-41(34)51-42-18-10-8-14-35(42)38-25-31(26-48)20-23-44(38)51/h3-18,20-25,30,32H,2,19,29H2,1H3. The number of hydrogen-bond acceptors (Lipinski definition) is 4. The summed E-state index contributed by atoms with van der Waals surface area (Å²) >= 11 is 1.64. The van der Waals surface area contributed by atoms with E-state index in [1.165, 1.54) is 5.56 Å². The molecule has 0 fully saturated rings. The van der Waals surface area contributed by atoms with E-state index in [9.17, 15) is 15.8 Å². The minimum absolute atomic E-state index is 0.0941. The molecular formula is C47H33N5S. The van der Waals surface area contributed by atoms with Crippen molar-refractivity contribution in [1.29, 1.82) is 15.8 Å². The monoisotopic (exact) mass is 699 g/mol. The second-order valence-corrected chi connectivity index (χ2v) is 14.8. The van der Waals surface area contributed by atoms with Gasteiger partial charge >= 0.3 is 0 Å². The highest BCUT2D eigenvalue weighted by Crippen LogP contribution is 2.46. The first-order chi connectivity index (χ1) is 26.1. The molecule has 3 aliphatic rings. The van der Waals surface area contributed by atoms with Crippen LogP contribution in [0.3, 0.4) is 0 Å². The van der Waals surface area contributed by atoms with E-state index in [1.807, 2.05) is 30.3 Å². The lowest BCUT2D eigenvalue weighted by molar-refractivity contribution is 0.751. The summed E-state index contributed by atoms with van der Waals surface area (Å²) in [7, 11) is 0. The summed E-state index contributed by atoms with van der Waals surface area (Å²) in [5, 5.41) is 32.6. The van der Waals surface area contributed by atoms with Gasteiger partial charge in [0.15, 0.2) is 0 Å². The minimum Gasteiger partial charge on any atom is -0.309 e. The predicted molar refractivity (Wildman–Crippen MR) is 218 cm³/mol. The molecule has 0 saturated carbocycles. The lowest BCUT2D eigenvalue weighted by Gasteiger charge is -2.28. The van der Waals surface area contributed by atoms with Crippen LogP contribution in [0, 0.1) is 39.9 Å². The maximum absolute atomic E-state index is 11.2. The average Bonchev–Trinajstić information content (AvgIpc) is 3.41. The highest BCUT2D eigenvalue weighted by Gasteiger charge is 2.31. The van der Waals surface area contributed by atoms with Crippen molar-refractivity contribution in [1.82, 2.24) is 9.13 Å². The quantitative estimate of drug-likeness (QED) is 0.183. The summed E-state index contributed by atoms with van der Waals surface area (Å²) in [5.74, 6) is 0.813. The molecule has 0 bridgehead atoms. The van der Waals surface area contributed by atoms with E-state index in [2.05, 4.69) is 137 Å². The van der Waals surface area contributed by atoms with E-state index in [1.54, 1.807) is 11.8 Å². The van der Waals surface area contributed by atoms with Gasteiger partial charge in [0.05, 0.1) is 57.1 Å². The molecule has 5 nitrogen and oxygen atoms in total. The van der Waals surface area contributed by atoms with Crippen LogP contribution in [0.4, 0.5) is 0 Å². The maximum Gasteiger partial charge on any atom is 0.110 e. The lowest BCUT2D eigenvalue weighted by atomic mass is 9.79. The van der Waals surface area contributed by atoms with Crippen molar-refractivity contribution < 1.29 is 0 Å². The van der Waals surface area contributed by atoms with Gasteiger partial charge in [0.25, 0.3) is 0 Å². The molecule has 2 atom stereocenters. The molecule has 6 heteroatoms. The first-order valence-electron chi connectivity index (χ1n) is 17.9. The van der Waals surface area contributed by atoms with E-state index in [0.29, 0.717) is 11.1 Å². The van der Waals surface area contributed by atoms with Crippen molar-refractivity contribution in [2.45, 2.75) is 30.8 Å². The SMILES string of the molecule is CC1CC=C(n2c3c(c4c2C=CC(C#N)SC4)C=CCC=C3)C(C#N)=C1c1ccccc1-c1ccccc1-n1c2ccccc2c2cc(C#N)ccc21. The average molecular weight is 700 g/mol. The van der Waals surface area contributed by atoms with E-state index >= 15 is 0 Å². The van der Waals surface area contributed by atoms with Crippen molar-refractivity contribution in [3.05, 3.63) is 155 Å². The number of benzene rings is 4. The molecule has 3 heterocycles. The molecule has 252 valence electrons. The number of hydrogen-bond donors (Lipinski definition) is 0. The molecule has 1 aliphatic heterocycles. The topological polar surface area (TPSA) is 81.2 Å². The van der Waals surface area contributed by atoms with Gasteiger partial charge in [-0.25, -0.2) is 0 Å². The molecule has 0 spiro atoms. The van der Waals surface area contributed by atoms with Gasteiger partial charge in [-0.05, 0) is 83.5 Å². The fraction of sp³-hybridized carbons (Fsp3) is 0.128. The van der Waals surface area contributed by atoms with Crippen LogP contribution in [0.1, 0.15) is 53.4 Å². The normalized spacial score (nSPS) is 17.7. The third-order valence-electron chi connectivity index (χ3n) is 10.7. The molecule has 2 aliphatic carbocycles. The fourth-order valence-electron chi connectivity index (χ4n) is 8.31. The Kier molecular flexibility index (Phi) is 8.08. The second kappa shape index (κ2) is 13.2. The van der Waals surface area contributed by atoms with Crippen molar-refractivity contribution in [3.8, 4) is 35.0 Å². The predicted octanol–water partition coefficient (Wildman–Crippen LogP) is 11.6. The van der Waals surface area contributed by atoms with Gasteiger partial charge in [0, 0.05) is 27.7 Å². The summed E-state index contributed by atoms with van der Waals surface area (Å²) in [6.07, 6.45) is 16.7. The van der Waals surface area contributed by atoms with E-state index < -0.39 is 0 Å². The zero-order valence-electron chi connectivity index (χ0n) is 29.1. The number of allylic oxidation sites excluding steroid dienone is 6. The fourth-order valence-corrected chi connectivity index (χ4v) is 9.22. The van der Waals surface area contributed by atoms with Gasteiger partial charge in [0.1, 0.15) is 11.3 Å². The summed E-state index contributed by atoms with van der Waals surface area (Å²) in [6, 6.07) is 38.7. The van der Waals surface area contributed by atoms with Gasteiger partial charge < -0.3 is 9.13 Å². The number of rotatable bonds is 4. The first kappa shape index (κ1) is 32.4. The van der Waals surface area contributed by atoms with Crippen molar-refractivity contribution in [2.75, 3.05) is 0 Å². The Labute approximate surface area is 313 Å². The Bertz CT molecular complexity index is 2800. The van der Waals surface area contributed by atoms with Gasteiger partial charge in [-0.1, -0.05) is 98.0 Å². The smallest absolute Gasteiger partial charge is 0.110 e. The van der Waals surface area contributed by atoms with Crippen LogP contribution < -0.4 is 0 Å². The lowest BCUT2D eigenvalue weighted by Crippen LogP contribution is -2.14. The van der Waals surface area contributed by atoms with Crippen LogP contribution in [0.5, 0.6) is 0 Å². The molecule has 53 heavy (non-hydrogen) atoms. The van der Waals surface area contributed by atoms with Crippen LogP contribution in [-0.2, 0) is 5.75 Å². The highest BCUT2D eigenvalue weighted by molar-refractivity contribution is 7.99. The Hall–Kier alpha value is -6.52. The largest absolute Gasteiger partial charge is 0.309 e. The van der Waals surface area contributed by atoms with Crippen LogP contribution in [0.2, 0.25) is 0 Å². The van der Waals surface area contributed by atoms with E-state index in [0.717, 1.165) is 91.0 Å². The zero-order valence-corrected chi connectivity index (χ0v) is 29.9. The third-order valence-corrected chi connectivity index (χ3v) is 11.8. The first-order valence-corrected chi connectivity index (χ1v) is 18.9. The number of nitrogens with zero attached hydrogens (tertiary/aromatic N) is 5. The highest BCUT2D eigenvalue weighted by atomic mass is 32.2. The van der Waals surface area contributed by atoms with Crippen LogP contribution in [0.15, 0.2) is 121 Å². The summed E-state index contributed by atoms with van der Waals surface area (Å²) in [5.41, 5.74) is 14.0. The molecule has 0 amide bonds. The van der Waals surface area contributed by atoms with E-state index in [4.69, 9.17) is 0 Å². The maximum atomic E-state index is 11.2. The second-order valence-electron chi connectivity index (χ2n) is 13.6.